The van der Waals surface area contributed by atoms with Gasteiger partial charge in [-0.3, -0.25) is 4.79 Å². The standard InChI is InChI=1S/C9H7F3O3/c1-14-7-2-3-8(6(4-7)5-13)15-9(10,11)12/h2-5H,1H3. The number of rotatable bonds is 3. The molecule has 1 rings (SSSR count). The Hall–Kier alpha value is -1.72. The first kappa shape index (κ1) is 11.4. The van der Waals surface area contributed by atoms with E-state index >= 15 is 0 Å². The molecule has 0 saturated heterocycles. The number of alkyl halides is 3. The van der Waals surface area contributed by atoms with E-state index in [-0.39, 0.29) is 17.6 Å². The maximum absolute atomic E-state index is 11.9. The van der Waals surface area contributed by atoms with E-state index in [2.05, 4.69) is 4.74 Å². The van der Waals surface area contributed by atoms with Crippen LogP contribution in [-0.4, -0.2) is 19.8 Å². The number of benzene rings is 1. The lowest BCUT2D eigenvalue weighted by atomic mass is 10.2. The van der Waals surface area contributed by atoms with Gasteiger partial charge in [0.1, 0.15) is 11.5 Å². The van der Waals surface area contributed by atoms with E-state index < -0.39 is 12.1 Å². The normalized spacial score (nSPS) is 10.9. The topological polar surface area (TPSA) is 35.5 Å². The number of carbonyl (C=O) groups is 1. The van der Waals surface area contributed by atoms with Gasteiger partial charge in [-0.15, -0.1) is 13.2 Å². The van der Waals surface area contributed by atoms with Crippen molar-refractivity contribution in [3.05, 3.63) is 23.8 Å². The summed E-state index contributed by atoms with van der Waals surface area (Å²) in [6.45, 7) is 0. The minimum Gasteiger partial charge on any atom is -0.497 e. The zero-order valence-electron chi connectivity index (χ0n) is 7.67. The van der Waals surface area contributed by atoms with E-state index in [1.807, 2.05) is 0 Å². The first-order valence-electron chi connectivity index (χ1n) is 3.85. The molecule has 6 heteroatoms. The summed E-state index contributed by atoms with van der Waals surface area (Å²) in [5, 5.41) is 0. The molecule has 0 saturated carbocycles. The van der Waals surface area contributed by atoms with Gasteiger partial charge in [0.15, 0.2) is 6.29 Å². The van der Waals surface area contributed by atoms with Crippen molar-refractivity contribution in [3.63, 3.8) is 0 Å². The molecule has 15 heavy (non-hydrogen) atoms. The summed E-state index contributed by atoms with van der Waals surface area (Å²) in [5.41, 5.74) is -0.216. The Balaban J connectivity index is 3.03. The van der Waals surface area contributed by atoms with Gasteiger partial charge in [0, 0.05) is 0 Å². The average Bonchev–Trinajstić information content (AvgIpc) is 2.16. The largest absolute Gasteiger partial charge is 0.573 e. The molecule has 1 aromatic rings. The highest BCUT2D eigenvalue weighted by atomic mass is 19.4. The second-order valence-corrected chi connectivity index (χ2v) is 2.57. The van der Waals surface area contributed by atoms with Crippen molar-refractivity contribution >= 4 is 6.29 Å². The van der Waals surface area contributed by atoms with Gasteiger partial charge in [-0.05, 0) is 18.2 Å². The SMILES string of the molecule is COc1ccc(OC(F)(F)F)c(C=O)c1. The fourth-order valence-electron chi connectivity index (χ4n) is 0.963. The van der Waals surface area contributed by atoms with E-state index in [1.165, 1.54) is 13.2 Å². The maximum atomic E-state index is 11.9. The monoisotopic (exact) mass is 220 g/mol. The Bertz CT molecular complexity index is 360. The third kappa shape index (κ3) is 3.16. The number of hydrogen-bond donors (Lipinski definition) is 0. The van der Waals surface area contributed by atoms with Gasteiger partial charge in [-0.1, -0.05) is 0 Å². The van der Waals surface area contributed by atoms with Gasteiger partial charge in [-0.25, -0.2) is 0 Å². The van der Waals surface area contributed by atoms with E-state index in [4.69, 9.17) is 4.74 Å². The number of methoxy groups -OCH3 is 1. The Morgan fingerprint density at radius 1 is 1.33 bits per heavy atom. The van der Waals surface area contributed by atoms with Gasteiger partial charge in [0.2, 0.25) is 0 Å². The zero-order valence-corrected chi connectivity index (χ0v) is 7.67. The number of carbonyl (C=O) groups excluding carboxylic acids is 1. The van der Waals surface area contributed by atoms with Crippen LogP contribution in [0.1, 0.15) is 10.4 Å². The van der Waals surface area contributed by atoms with Gasteiger partial charge in [-0.2, -0.15) is 0 Å². The average molecular weight is 220 g/mol. The molecule has 3 nitrogen and oxygen atoms in total. The molecule has 0 spiro atoms. The maximum Gasteiger partial charge on any atom is 0.573 e. The predicted octanol–water partition coefficient (Wildman–Crippen LogP) is 2.41. The van der Waals surface area contributed by atoms with Crippen molar-refractivity contribution in [1.29, 1.82) is 0 Å². The molecule has 1 aromatic carbocycles. The molecular formula is C9H7F3O3. The van der Waals surface area contributed by atoms with Gasteiger partial charge in [0.05, 0.1) is 12.7 Å². The number of ether oxygens (including phenoxy) is 2. The first-order valence-corrected chi connectivity index (χ1v) is 3.85. The van der Waals surface area contributed by atoms with Crippen LogP contribution in [0, 0.1) is 0 Å². The summed E-state index contributed by atoms with van der Waals surface area (Å²) >= 11 is 0. The fourth-order valence-corrected chi connectivity index (χ4v) is 0.963. The van der Waals surface area contributed by atoms with Gasteiger partial charge >= 0.3 is 6.36 Å². The Kier molecular flexibility index (Phi) is 3.18. The van der Waals surface area contributed by atoms with Crippen LogP contribution in [-0.2, 0) is 0 Å². The van der Waals surface area contributed by atoms with Crippen molar-refractivity contribution in [3.8, 4) is 11.5 Å². The highest BCUT2D eigenvalue weighted by Gasteiger charge is 2.32. The van der Waals surface area contributed by atoms with Crippen LogP contribution >= 0.6 is 0 Å². The quantitative estimate of drug-likeness (QED) is 0.733. The van der Waals surface area contributed by atoms with E-state index in [1.54, 1.807) is 0 Å². The zero-order chi connectivity index (χ0) is 11.5. The first-order chi connectivity index (χ1) is 6.96. The van der Waals surface area contributed by atoms with E-state index in [0.29, 0.717) is 0 Å². The molecule has 0 unspecified atom stereocenters. The molecule has 0 radical (unpaired) electrons. The molecule has 0 aliphatic carbocycles. The van der Waals surface area contributed by atoms with Crippen LogP contribution in [0.3, 0.4) is 0 Å². The lowest BCUT2D eigenvalue weighted by Gasteiger charge is -2.11. The summed E-state index contributed by atoms with van der Waals surface area (Å²) in [6, 6.07) is 3.46. The molecule has 0 heterocycles. The Morgan fingerprint density at radius 3 is 2.47 bits per heavy atom. The van der Waals surface area contributed by atoms with E-state index in [9.17, 15) is 18.0 Å². The predicted molar refractivity (Wildman–Crippen MR) is 45.1 cm³/mol. The van der Waals surface area contributed by atoms with Gasteiger partial charge in [0.25, 0.3) is 0 Å². The van der Waals surface area contributed by atoms with Crippen LogP contribution in [0.2, 0.25) is 0 Å². The molecule has 0 bridgehead atoms. The van der Waals surface area contributed by atoms with Gasteiger partial charge < -0.3 is 9.47 Å². The molecular weight excluding hydrogens is 213 g/mol. The fraction of sp³-hybridized carbons (Fsp3) is 0.222. The lowest BCUT2D eigenvalue weighted by Crippen LogP contribution is -2.18. The molecule has 0 atom stereocenters. The minimum atomic E-state index is -4.81. The van der Waals surface area contributed by atoms with Crippen LogP contribution in [0.4, 0.5) is 13.2 Å². The van der Waals surface area contributed by atoms with Crippen molar-refractivity contribution in [2.24, 2.45) is 0 Å². The second-order valence-electron chi connectivity index (χ2n) is 2.57. The second kappa shape index (κ2) is 4.20. The van der Waals surface area contributed by atoms with E-state index in [0.717, 1.165) is 12.1 Å². The summed E-state index contributed by atoms with van der Waals surface area (Å²) in [5.74, 6) is -0.259. The molecule has 0 aliphatic heterocycles. The smallest absolute Gasteiger partial charge is 0.497 e. The highest BCUT2D eigenvalue weighted by molar-refractivity contribution is 5.80. The molecule has 0 aliphatic rings. The lowest BCUT2D eigenvalue weighted by molar-refractivity contribution is -0.274. The van der Waals surface area contributed by atoms with Crippen molar-refractivity contribution in [2.75, 3.05) is 7.11 Å². The number of halogens is 3. The number of hydrogen-bond acceptors (Lipinski definition) is 3. The van der Waals surface area contributed by atoms with Crippen molar-refractivity contribution < 1.29 is 27.4 Å². The molecule has 0 fully saturated rings. The minimum absolute atomic E-state index is 0.216. The van der Waals surface area contributed by atoms with Crippen molar-refractivity contribution in [1.82, 2.24) is 0 Å². The summed E-state index contributed by atoms with van der Waals surface area (Å²) in [6.07, 6.45) is -4.55. The summed E-state index contributed by atoms with van der Waals surface area (Å²) in [7, 11) is 1.34. The summed E-state index contributed by atoms with van der Waals surface area (Å²) in [4.78, 5) is 10.5. The van der Waals surface area contributed by atoms with Crippen LogP contribution in [0.5, 0.6) is 11.5 Å². The molecule has 0 amide bonds. The van der Waals surface area contributed by atoms with Crippen molar-refractivity contribution in [2.45, 2.75) is 6.36 Å². The molecule has 82 valence electrons. The summed E-state index contributed by atoms with van der Waals surface area (Å²) < 4.78 is 44.0. The molecule has 0 N–H and O–H groups in total. The highest BCUT2D eigenvalue weighted by Crippen LogP contribution is 2.28. The third-order valence-electron chi connectivity index (χ3n) is 1.57. The van der Waals surface area contributed by atoms with Crippen LogP contribution < -0.4 is 9.47 Å². The molecule has 0 aromatic heterocycles. The third-order valence-corrected chi connectivity index (χ3v) is 1.57. The van der Waals surface area contributed by atoms with Crippen LogP contribution in [0.15, 0.2) is 18.2 Å². The number of aldehydes is 1. The Labute approximate surface area is 83.4 Å². The van der Waals surface area contributed by atoms with Crippen LogP contribution in [0.25, 0.3) is 0 Å². The Morgan fingerprint density at radius 2 is 2.00 bits per heavy atom.